The van der Waals surface area contributed by atoms with Gasteiger partial charge in [0.05, 0.1) is 31.4 Å². The molecule has 0 saturated heterocycles. The van der Waals surface area contributed by atoms with Crippen LogP contribution >= 0.6 is 15.9 Å². The molecule has 1 N–H and O–H groups in total. The summed E-state index contributed by atoms with van der Waals surface area (Å²) in [6, 6.07) is 2.45. The zero-order valence-electron chi connectivity index (χ0n) is 11.7. The molecule has 0 aliphatic rings. The summed E-state index contributed by atoms with van der Waals surface area (Å²) >= 11 is 3.30. The highest BCUT2D eigenvalue weighted by Gasteiger charge is 2.21. The summed E-state index contributed by atoms with van der Waals surface area (Å²) in [7, 11) is 4.20. The summed E-state index contributed by atoms with van der Waals surface area (Å²) in [5, 5.41) is 2.53. The van der Waals surface area contributed by atoms with Gasteiger partial charge in [0.1, 0.15) is 17.5 Å². The molecular formula is C13H16BrNO5. The molecule has 1 rings (SSSR count). The van der Waals surface area contributed by atoms with Gasteiger partial charge in [-0.3, -0.25) is 4.79 Å². The minimum atomic E-state index is -0.762. The normalized spacial score (nSPS) is 11.4. The van der Waals surface area contributed by atoms with E-state index >= 15 is 0 Å². The van der Waals surface area contributed by atoms with Crippen molar-refractivity contribution in [3.63, 3.8) is 0 Å². The topological polar surface area (TPSA) is 73.9 Å². The molecule has 7 heteroatoms. The number of amides is 1. The van der Waals surface area contributed by atoms with Gasteiger partial charge in [0.2, 0.25) is 0 Å². The number of halogens is 1. The number of ether oxygens (including phenoxy) is 3. The average Bonchev–Trinajstić information content (AvgIpc) is 2.44. The lowest BCUT2D eigenvalue weighted by molar-refractivity contribution is -0.142. The van der Waals surface area contributed by atoms with E-state index in [1.54, 1.807) is 6.07 Å². The first-order valence-electron chi connectivity index (χ1n) is 5.74. The highest BCUT2D eigenvalue weighted by Crippen LogP contribution is 2.33. The van der Waals surface area contributed by atoms with Gasteiger partial charge in [-0.1, -0.05) is 0 Å². The molecular weight excluding hydrogens is 330 g/mol. The van der Waals surface area contributed by atoms with E-state index in [4.69, 9.17) is 9.47 Å². The van der Waals surface area contributed by atoms with Crippen LogP contribution in [-0.4, -0.2) is 39.2 Å². The van der Waals surface area contributed by atoms with Crippen molar-refractivity contribution in [1.82, 2.24) is 5.32 Å². The van der Waals surface area contributed by atoms with Gasteiger partial charge in [-0.05, 0) is 35.0 Å². The Morgan fingerprint density at radius 2 is 1.85 bits per heavy atom. The number of esters is 1. The van der Waals surface area contributed by atoms with E-state index in [0.29, 0.717) is 16.0 Å². The fourth-order valence-corrected chi connectivity index (χ4v) is 2.17. The van der Waals surface area contributed by atoms with Crippen LogP contribution in [0.25, 0.3) is 0 Å². The van der Waals surface area contributed by atoms with Crippen molar-refractivity contribution in [1.29, 1.82) is 0 Å². The molecule has 1 unspecified atom stereocenters. The summed E-state index contributed by atoms with van der Waals surface area (Å²) in [6.45, 7) is 1.53. The predicted molar refractivity (Wildman–Crippen MR) is 76.2 cm³/mol. The number of carbonyl (C=O) groups is 2. The van der Waals surface area contributed by atoms with Crippen molar-refractivity contribution in [2.45, 2.75) is 13.0 Å². The molecule has 0 spiro atoms. The molecule has 0 heterocycles. The van der Waals surface area contributed by atoms with Crippen LogP contribution in [0.2, 0.25) is 0 Å². The molecule has 20 heavy (non-hydrogen) atoms. The smallest absolute Gasteiger partial charge is 0.328 e. The van der Waals surface area contributed by atoms with Gasteiger partial charge in [-0.25, -0.2) is 4.79 Å². The first kappa shape index (κ1) is 16.3. The van der Waals surface area contributed by atoms with E-state index in [0.717, 1.165) is 0 Å². The Morgan fingerprint density at radius 1 is 1.20 bits per heavy atom. The Labute approximate surface area is 125 Å². The van der Waals surface area contributed by atoms with E-state index < -0.39 is 17.9 Å². The molecule has 0 aliphatic carbocycles. The molecule has 110 valence electrons. The van der Waals surface area contributed by atoms with E-state index in [1.165, 1.54) is 34.3 Å². The van der Waals surface area contributed by atoms with Gasteiger partial charge in [0.15, 0.2) is 0 Å². The fraction of sp³-hybridized carbons (Fsp3) is 0.385. The number of benzene rings is 1. The van der Waals surface area contributed by atoms with Crippen molar-refractivity contribution in [3.05, 3.63) is 22.2 Å². The Balaban J connectivity index is 3.08. The Morgan fingerprint density at radius 3 is 2.35 bits per heavy atom. The zero-order valence-corrected chi connectivity index (χ0v) is 13.2. The second-order valence-electron chi connectivity index (χ2n) is 3.91. The molecule has 0 bridgehead atoms. The van der Waals surface area contributed by atoms with Crippen LogP contribution in [0.5, 0.6) is 11.5 Å². The molecule has 0 fully saturated rings. The van der Waals surface area contributed by atoms with Crippen molar-refractivity contribution >= 4 is 27.8 Å². The number of hydrogen-bond donors (Lipinski definition) is 1. The van der Waals surface area contributed by atoms with Crippen LogP contribution in [0.3, 0.4) is 0 Å². The molecule has 0 aromatic heterocycles. The highest BCUT2D eigenvalue weighted by molar-refractivity contribution is 9.10. The SMILES string of the molecule is COC(=O)C(C)NC(=O)c1cc(OC)cc(Br)c1OC. The zero-order chi connectivity index (χ0) is 15.3. The van der Waals surface area contributed by atoms with Gasteiger partial charge >= 0.3 is 5.97 Å². The second-order valence-corrected chi connectivity index (χ2v) is 4.76. The molecule has 6 nitrogen and oxygen atoms in total. The summed E-state index contributed by atoms with van der Waals surface area (Å²) in [6.07, 6.45) is 0. The number of rotatable bonds is 5. The minimum Gasteiger partial charge on any atom is -0.497 e. The van der Waals surface area contributed by atoms with Gasteiger partial charge in [-0.2, -0.15) is 0 Å². The quantitative estimate of drug-likeness (QED) is 0.823. The van der Waals surface area contributed by atoms with Gasteiger partial charge in [-0.15, -0.1) is 0 Å². The Bertz CT molecular complexity index is 518. The summed E-state index contributed by atoms with van der Waals surface area (Å²) in [5.74, 6) is -0.132. The van der Waals surface area contributed by atoms with Crippen LogP contribution in [0.4, 0.5) is 0 Å². The van der Waals surface area contributed by atoms with E-state index in [-0.39, 0.29) is 5.56 Å². The number of methoxy groups -OCH3 is 3. The van der Waals surface area contributed by atoms with E-state index in [1.807, 2.05) is 0 Å². The molecule has 1 amide bonds. The lowest BCUT2D eigenvalue weighted by Crippen LogP contribution is -2.39. The van der Waals surface area contributed by atoms with Gasteiger partial charge in [0, 0.05) is 0 Å². The maximum atomic E-state index is 12.2. The van der Waals surface area contributed by atoms with E-state index in [9.17, 15) is 9.59 Å². The van der Waals surface area contributed by atoms with Crippen molar-refractivity contribution < 1.29 is 23.8 Å². The number of hydrogen-bond acceptors (Lipinski definition) is 5. The number of carbonyl (C=O) groups excluding carboxylic acids is 2. The molecule has 0 aliphatic heterocycles. The van der Waals surface area contributed by atoms with Crippen LogP contribution in [0.1, 0.15) is 17.3 Å². The van der Waals surface area contributed by atoms with Gasteiger partial charge in [0.25, 0.3) is 5.91 Å². The van der Waals surface area contributed by atoms with Crippen molar-refractivity contribution in [3.8, 4) is 11.5 Å². The fourth-order valence-electron chi connectivity index (χ4n) is 1.57. The van der Waals surface area contributed by atoms with Crippen LogP contribution in [0.15, 0.2) is 16.6 Å². The Kier molecular flexibility index (Phi) is 5.82. The van der Waals surface area contributed by atoms with Crippen LogP contribution in [-0.2, 0) is 9.53 Å². The Hall–Kier alpha value is -1.76. The van der Waals surface area contributed by atoms with Crippen LogP contribution < -0.4 is 14.8 Å². The minimum absolute atomic E-state index is 0.259. The maximum Gasteiger partial charge on any atom is 0.328 e. The summed E-state index contributed by atoms with van der Waals surface area (Å²) in [4.78, 5) is 23.5. The first-order valence-corrected chi connectivity index (χ1v) is 6.54. The third-order valence-corrected chi connectivity index (χ3v) is 3.19. The molecule has 1 atom stereocenters. The largest absolute Gasteiger partial charge is 0.497 e. The first-order chi connectivity index (χ1) is 9.44. The van der Waals surface area contributed by atoms with Gasteiger partial charge < -0.3 is 19.5 Å². The summed E-state index contributed by atoms with van der Waals surface area (Å²) < 4.78 is 15.4. The molecule has 0 radical (unpaired) electrons. The van der Waals surface area contributed by atoms with Crippen molar-refractivity contribution in [2.75, 3.05) is 21.3 Å². The lowest BCUT2D eigenvalue weighted by atomic mass is 10.1. The highest BCUT2D eigenvalue weighted by atomic mass is 79.9. The second kappa shape index (κ2) is 7.14. The third kappa shape index (κ3) is 3.63. The van der Waals surface area contributed by atoms with Crippen LogP contribution in [0, 0.1) is 0 Å². The standard InChI is InChI=1S/C13H16BrNO5/c1-7(13(17)20-4)15-12(16)9-5-8(18-2)6-10(14)11(9)19-3/h5-7H,1-4H3,(H,15,16). The van der Waals surface area contributed by atoms with E-state index in [2.05, 4.69) is 26.0 Å². The molecule has 1 aromatic carbocycles. The maximum absolute atomic E-state index is 12.2. The lowest BCUT2D eigenvalue weighted by Gasteiger charge is -2.15. The summed E-state index contributed by atoms with van der Waals surface area (Å²) in [5.41, 5.74) is 0.259. The molecule has 0 saturated carbocycles. The third-order valence-electron chi connectivity index (χ3n) is 2.60. The van der Waals surface area contributed by atoms with Crippen molar-refractivity contribution in [2.24, 2.45) is 0 Å². The average molecular weight is 346 g/mol. The number of nitrogens with one attached hydrogen (secondary N) is 1. The molecule has 1 aromatic rings. The predicted octanol–water partition coefficient (Wildman–Crippen LogP) is 1.76. The monoisotopic (exact) mass is 345 g/mol.